The molecule has 2 nitrogen and oxygen atoms in total. The molecule has 0 bridgehead atoms. The van der Waals surface area contributed by atoms with Crippen molar-refractivity contribution in [3.8, 4) is 0 Å². The molecule has 266 valence electrons. The van der Waals surface area contributed by atoms with Gasteiger partial charge in [-0.05, 0) is 32.1 Å². The minimum absolute atomic E-state index is 1.23. The Balaban J connectivity index is 2.25. The van der Waals surface area contributed by atoms with Crippen molar-refractivity contribution in [1.82, 2.24) is 4.57 Å². The molecular weight excluding hydrogens is 544 g/mol. The molecule has 0 unspecified atom stereocenters. The Hall–Kier alpha value is -0.790. The number of imidazole rings is 1. The van der Waals surface area contributed by atoms with Gasteiger partial charge in [-0.2, -0.15) is 0 Å². The van der Waals surface area contributed by atoms with Crippen LogP contribution in [0, 0.1) is 0 Å². The lowest BCUT2D eigenvalue weighted by molar-refractivity contribution is -0.704. The number of aromatic nitrogens is 2. The van der Waals surface area contributed by atoms with Gasteiger partial charge < -0.3 is 0 Å². The zero-order valence-corrected chi connectivity index (χ0v) is 31.7. The van der Waals surface area contributed by atoms with E-state index < -0.39 is 0 Å². The fourth-order valence-corrected chi connectivity index (χ4v) is 7.21. The molecule has 0 aliphatic carbocycles. The summed E-state index contributed by atoms with van der Waals surface area (Å²) >= 11 is 0. The quantitative estimate of drug-likeness (QED) is 0.0511. The highest BCUT2D eigenvalue weighted by Crippen LogP contribution is 2.16. The van der Waals surface area contributed by atoms with Gasteiger partial charge in [-0.25, -0.2) is 9.13 Å². The van der Waals surface area contributed by atoms with Crippen LogP contribution in [0.25, 0.3) is 0 Å². The van der Waals surface area contributed by atoms with E-state index in [1.807, 2.05) is 0 Å². The predicted octanol–water partition coefficient (Wildman–Crippen LogP) is 14.6. The third-order valence-electron chi connectivity index (χ3n) is 10.3. The van der Waals surface area contributed by atoms with Crippen LogP contribution in [0.1, 0.15) is 245 Å². The van der Waals surface area contributed by atoms with E-state index in [4.69, 9.17) is 0 Å². The zero-order valence-electron chi connectivity index (χ0n) is 31.7. The Bertz CT molecular complexity index is 692. The number of hydrogen-bond donors (Lipinski definition) is 0. The van der Waals surface area contributed by atoms with Crippen LogP contribution in [0.5, 0.6) is 0 Å². The van der Waals surface area contributed by atoms with E-state index in [1.54, 1.807) is 5.82 Å². The molecule has 0 aromatic carbocycles. The fourth-order valence-electron chi connectivity index (χ4n) is 7.21. The molecule has 0 saturated heterocycles. The first-order chi connectivity index (χ1) is 22.3. The molecule has 45 heavy (non-hydrogen) atoms. The van der Waals surface area contributed by atoms with Gasteiger partial charge in [-0.3, -0.25) is 0 Å². The van der Waals surface area contributed by atoms with Crippen molar-refractivity contribution in [2.24, 2.45) is 0 Å². The molecular formula is C43H85N2+. The molecule has 0 atom stereocenters. The first-order valence-electron chi connectivity index (χ1n) is 21.4. The molecule has 1 rings (SSSR count). The van der Waals surface area contributed by atoms with Crippen LogP contribution in [0.3, 0.4) is 0 Å². The smallest absolute Gasteiger partial charge is 0.234 e. The number of rotatable bonds is 37. The average Bonchev–Trinajstić information content (AvgIpc) is 3.43. The highest BCUT2D eigenvalue weighted by Gasteiger charge is 2.16. The summed E-state index contributed by atoms with van der Waals surface area (Å²) in [5, 5.41) is 0. The Morgan fingerprint density at radius 1 is 0.378 bits per heavy atom. The molecule has 2 heteroatoms. The number of hydrogen-bond acceptors (Lipinski definition) is 0. The van der Waals surface area contributed by atoms with Crippen molar-refractivity contribution in [3.63, 3.8) is 0 Å². The second-order valence-electron chi connectivity index (χ2n) is 14.8. The van der Waals surface area contributed by atoms with E-state index >= 15 is 0 Å². The van der Waals surface area contributed by atoms with Crippen LogP contribution >= 0.6 is 0 Å². The predicted molar refractivity (Wildman–Crippen MR) is 202 cm³/mol. The maximum atomic E-state index is 2.64. The molecule has 0 saturated carbocycles. The lowest BCUT2D eigenvalue weighted by Gasteiger charge is -2.07. The van der Waals surface area contributed by atoms with Crippen molar-refractivity contribution in [2.45, 2.75) is 259 Å². The summed E-state index contributed by atoms with van der Waals surface area (Å²) in [4.78, 5) is 0. The molecule has 0 fully saturated rings. The molecule has 0 N–H and O–H groups in total. The van der Waals surface area contributed by atoms with Gasteiger partial charge in [0, 0.05) is 6.42 Å². The highest BCUT2D eigenvalue weighted by atomic mass is 15.1. The first kappa shape index (κ1) is 42.2. The largest absolute Gasteiger partial charge is 0.256 e. The summed E-state index contributed by atoms with van der Waals surface area (Å²) in [6.07, 6.45) is 54.9. The van der Waals surface area contributed by atoms with Gasteiger partial charge in [0.1, 0.15) is 12.4 Å². The van der Waals surface area contributed by atoms with Crippen LogP contribution in [-0.4, -0.2) is 4.57 Å². The Kier molecular flexibility index (Phi) is 32.4. The summed E-state index contributed by atoms with van der Waals surface area (Å²) < 4.78 is 5.28. The summed E-state index contributed by atoms with van der Waals surface area (Å²) in [6.45, 7) is 9.41. The van der Waals surface area contributed by atoms with Gasteiger partial charge >= 0.3 is 0 Å². The topological polar surface area (TPSA) is 8.81 Å². The second kappa shape index (κ2) is 34.5. The Labute approximate surface area is 285 Å². The molecule has 0 aliphatic rings. The number of unbranched alkanes of at least 4 members (excludes halogenated alkanes) is 31. The molecule has 0 amide bonds. The standard InChI is InChI=1S/C43H85N2/c1-4-7-10-13-16-19-21-22-23-24-26-28-31-34-37-40-45-42-41-44(39-36-33-30-18-15-12-9-6-3)43(45)38-35-32-29-27-25-20-17-14-11-8-5-2/h41-42H,4-40H2,1-3H3/q+1. The second-order valence-corrected chi connectivity index (χ2v) is 14.8. The van der Waals surface area contributed by atoms with Gasteiger partial charge in [-0.1, -0.05) is 207 Å². The third kappa shape index (κ3) is 26.9. The summed E-state index contributed by atoms with van der Waals surface area (Å²) in [5.74, 6) is 1.62. The van der Waals surface area contributed by atoms with E-state index in [9.17, 15) is 0 Å². The average molecular weight is 630 g/mol. The molecule has 1 aromatic heterocycles. The SMILES string of the molecule is CCCCCCCCCCCCCCCCC[n+]1ccn(CCCCCCCCCC)c1CCCCCCCCCCCCC. The van der Waals surface area contributed by atoms with Crippen LogP contribution in [0.4, 0.5) is 0 Å². The maximum absolute atomic E-state index is 2.64. The molecule has 0 aliphatic heterocycles. The van der Waals surface area contributed by atoms with Crippen molar-refractivity contribution >= 4 is 0 Å². The van der Waals surface area contributed by atoms with E-state index in [1.165, 1.54) is 238 Å². The zero-order chi connectivity index (χ0) is 32.3. The normalized spacial score (nSPS) is 11.6. The lowest BCUT2D eigenvalue weighted by Crippen LogP contribution is -2.37. The summed E-state index contributed by atoms with van der Waals surface area (Å²) in [6, 6.07) is 0. The van der Waals surface area contributed by atoms with Gasteiger partial charge in [0.2, 0.25) is 0 Å². The van der Waals surface area contributed by atoms with Crippen molar-refractivity contribution in [2.75, 3.05) is 0 Å². The first-order valence-corrected chi connectivity index (χ1v) is 21.4. The maximum Gasteiger partial charge on any atom is 0.256 e. The third-order valence-corrected chi connectivity index (χ3v) is 10.3. The van der Waals surface area contributed by atoms with E-state index in [-0.39, 0.29) is 0 Å². The minimum atomic E-state index is 1.23. The van der Waals surface area contributed by atoms with Crippen molar-refractivity contribution in [3.05, 3.63) is 18.2 Å². The number of aryl methyl sites for hydroxylation is 2. The van der Waals surface area contributed by atoms with Gasteiger partial charge in [0.05, 0.1) is 13.1 Å². The fraction of sp³-hybridized carbons (Fsp3) is 0.930. The lowest BCUT2D eigenvalue weighted by atomic mass is 10.0. The van der Waals surface area contributed by atoms with E-state index in [0.29, 0.717) is 0 Å². The van der Waals surface area contributed by atoms with Gasteiger partial charge in [-0.15, -0.1) is 0 Å². The minimum Gasteiger partial charge on any atom is -0.234 e. The van der Waals surface area contributed by atoms with Crippen LogP contribution in [0.15, 0.2) is 12.4 Å². The van der Waals surface area contributed by atoms with E-state index in [2.05, 4.69) is 42.3 Å². The Morgan fingerprint density at radius 2 is 0.689 bits per heavy atom. The molecule has 1 aromatic rings. The highest BCUT2D eigenvalue weighted by molar-refractivity contribution is 4.84. The van der Waals surface area contributed by atoms with Crippen molar-refractivity contribution in [1.29, 1.82) is 0 Å². The van der Waals surface area contributed by atoms with E-state index in [0.717, 1.165) is 0 Å². The molecule has 0 radical (unpaired) electrons. The Morgan fingerprint density at radius 3 is 1.07 bits per heavy atom. The number of nitrogens with zero attached hydrogens (tertiary/aromatic N) is 2. The van der Waals surface area contributed by atoms with Gasteiger partial charge in [0.25, 0.3) is 5.82 Å². The van der Waals surface area contributed by atoms with Crippen LogP contribution in [0.2, 0.25) is 0 Å². The summed E-state index contributed by atoms with van der Waals surface area (Å²) in [7, 11) is 0. The van der Waals surface area contributed by atoms with Crippen molar-refractivity contribution < 1.29 is 4.57 Å². The summed E-state index contributed by atoms with van der Waals surface area (Å²) in [5.41, 5.74) is 0. The van der Waals surface area contributed by atoms with Crippen LogP contribution < -0.4 is 4.57 Å². The van der Waals surface area contributed by atoms with Crippen LogP contribution in [-0.2, 0) is 19.5 Å². The molecule has 0 spiro atoms. The van der Waals surface area contributed by atoms with Gasteiger partial charge in [0.15, 0.2) is 0 Å². The monoisotopic (exact) mass is 630 g/mol. The molecule has 1 heterocycles.